The molecule has 0 bridgehead atoms. The van der Waals surface area contributed by atoms with E-state index in [1.807, 2.05) is 30.3 Å². The van der Waals surface area contributed by atoms with Crippen molar-refractivity contribution < 1.29 is 17.7 Å². The van der Waals surface area contributed by atoms with Gasteiger partial charge in [-0.15, -0.1) is 0 Å². The third-order valence-electron chi connectivity index (χ3n) is 6.69. The smallest absolute Gasteiger partial charge is 0.274 e. The highest BCUT2D eigenvalue weighted by atomic mass is 32.2. The molecule has 0 saturated carbocycles. The number of piperazine rings is 1. The molecule has 3 aromatic rings. The zero-order valence-electron chi connectivity index (χ0n) is 19.5. The molecule has 9 nitrogen and oxygen atoms in total. The molecule has 1 aromatic carbocycles. The Morgan fingerprint density at radius 3 is 2.38 bits per heavy atom. The van der Waals surface area contributed by atoms with Gasteiger partial charge >= 0.3 is 0 Å². The van der Waals surface area contributed by atoms with Crippen LogP contribution >= 0.6 is 0 Å². The molecule has 0 aliphatic carbocycles. The Morgan fingerprint density at radius 1 is 0.971 bits per heavy atom. The molecule has 5 rings (SSSR count). The van der Waals surface area contributed by atoms with Gasteiger partial charge in [0.2, 0.25) is 10.0 Å². The third kappa shape index (κ3) is 3.94. The van der Waals surface area contributed by atoms with Gasteiger partial charge in [-0.2, -0.15) is 4.31 Å². The maximum atomic E-state index is 13.6. The van der Waals surface area contributed by atoms with E-state index >= 15 is 0 Å². The van der Waals surface area contributed by atoms with Gasteiger partial charge in [0.25, 0.3) is 5.91 Å². The molecule has 1 amide bonds. The molecule has 0 radical (unpaired) electrons. The lowest BCUT2D eigenvalue weighted by atomic mass is 10.1. The fourth-order valence-electron chi connectivity index (χ4n) is 4.95. The Morgan fingerprint density at radius 2 is 1.71 bits per heavy atom. The average molecular weight is 484 g/mol. The second kappa shape index (κ2) is 8.99. The first-order valence-corrected chi connectivity index (χ1v) is 13.2. The predicted octanol–water partition coefficient (Wildman–Crippen LogP) is 3.03. The molecule has 34 heavy (non-hydrogen) atoms. The first-order valence-electron chi connectivity index (χ1n) is 11.7. The lowest BCUT2D eigenvalue weighted by molar-refractivity contribution is 0.0691. The maximum Gasteiger partial charge on any atom is 0.274 e. The summed E-state index contributed by atoms with van der Waals surface area (Å²) in [5.41, 5.74) is 2.85. The number of nitrogens with zero attached hydrogens (tertiary/aromatic N) is 5. The number of aromatic nitrogens is 3. The van der Waals surface area contributed by atoms with Crippen LogP contribution in [0, 0.1) is 13.8 Å². The third-order valence-corrected chi connectivity index (χ3v) is 8.84. The van der Waals surface area contributed by atoms with Crippen molar-refractivity contribution in [2.45, 2.75) is 51.0 Å². The van der Waals surface area contributed by atoms with Gasteiger partial charge in [-0.1, -0.05) is 41.9 Å². The number of carbonyl (C=O) groups is 1. The molecule has 1 saturated heterocycles. The Labute approximate surface area is 199 Å². The van der Waals surface area contributed by atoms with Gasteiger partial charge in [0.15, 0.2) is 5.76 Å². The average Bonchev–Trinajstić information content (AvgIpc) is 3.28. The fourth-order valence-corrected chi connectivity index (χ4v) is 6.67. The van der Waals surface area contributed by atoms with Crippen LogP contribution in [0.15, 0.2) is 39.8 Å². The van der Waals surface area contributed by atoms with E-state index in [0.29, 0.717) is 24.5 Å². The summed E-state index contributed by atoms with van der Waals surface area (Å²) >= 11 is 0. The van der Waals surface area contributed by atoms with Crippen molar-refractivity contribution in [3.63, 3.8) is 0 Å². The van der Waals surface area contributed by atoms with Crippen molar-refractivity contribution in [2.24, 2.45) is 0 Å². The lowest BCUT2D eigenvalue weighted by Crippen LogP contribution is -2.50. The van der Waals surface area contributed by atoms with Crippen LogP contribution in [0.4, 0.5) is 0 Å². The van der Waals surface area contributed by atoms with E-state index < -0.39 is 10.0 Å². The van der Waals surface area contributed by atoms with Crippen LogP contribution < -0.4 is 0 Å². The summed E-state index contributed by atoms with van der Waals surface area (Å²) in [4.78, 5) is 20.3. The largest absolute Gasteiger partial charge is 0.360 e. The Bertz CT molecular complexity index is 1290. The summed E-state index contributed by atoms with van der Waals surface area (Å²) < 4.78 is 34.9. The molecule has 4 heterocycles. The van der Waals surface area contributed by atoms with Gasteiger partial charge in [-0.25, -0.2) is 13.4 Å². The van der Waals surface area contributed by atoms with Crippen molar-refractivity contribution in [2.75, 3.05) is 26.2 Å². The fraction of sp³-hybridized carbons (Fsp3) is 0.458. The number of carbonyl (C=O) groups excluding carboxylic acids is 1. The first kappa shape index (κ1) is 22.8. The van der Waals surface area contributed by atoms with Crippen molar-refractivity contribution in [3.05, 3.63) is 53.2 Å². The Kier molecular flexibility index (Phi) is 6.03. The van der Waals surface area contributed by atoms with E-state index in [9.17, 15) is 13.2 Å². The summed E-state index contributed by atoms with van der Waals surface area (Å²) in [7, 11) is -3.73. The number of benzene rings is 1. The molecule has 0 spiro atoms. The molecule has 2 aromatic heterocycles. The van der Waals surface area contributed by atoms with Crippen molar-refractivity contribution >= 4 is 15.9 Å². The second-order valence-corrected chi connectivity index (χ2v) is 10.8. The zero-order chi connectivity index (χ0) is 23.9. The summed E-state index contributed by atoms with van der Waals surface area (Å²) in [6, 6.07) is 9.97. The minimum atomic E-state index is -3.73. The van der Waals surface area contributed by atoms with Crippen molar-refractivity contribution in [1.82, 2.24) is 23.9 Å². The predicted molar refractivity (Wildman–Crippen MR) is 126 cm³/mol. The number of imidazole rings is 1. The first-order chi connectivity index (χ1) is 16.4. The normalized spacial score (nSPS) is 17.4. The number of amides is 1. The number of hydrogen-bond donors (Lipinski definition) is 0. The van der Waals surface area contributed by atoms with E-state index in [2.05, 4.69) is 9.72 Å². The van der Waals surface area contributed by atoms with E-state index in [0.717, 1.165) is 49.3 Å². The van der Waals surface area contributed by atoms with Crippen LogP contribution in [-0.2, 0) is 23.0 Å². The minimum absolute atomic E-state index is 0.123. The SMILES string of the molecule is Cc1noc(C)c1S(=O)(=O)N1CCN(C(=O)c2nc(-c3ccccc3)n3c2CCCCC3)CC1. The molecule has 180 valence electrons. The highest BCUT2D eigenvalue weighted by Crippen LogP contribution is 2.29. The summed E-state index contributed by atoms with van der Waals surface area (Å²) in [5.74, 6) is 0.993. The summed E-state index contributed by atoms with van der Waals surface area (Å²) in [6.45, 7) is 5.14. The standard InChI is InChI=1S/C24H29N5O4S/c1-17-22(18(2)33-26-17)34(31,32)28-15-13-27(14-16-28)24(30)21-20-11-7-4-8-12-29(20)23(25-21)19-9-5-3-6-10-19/h3,5-6,9-10H,4,7-8,11-16H2,1-2H3. The number of aryl methyl sites for hydroxylation is 2. The van der Waals surface area contributed by atoms with Gasteiger partial charge in [-0.05, 0) is 33.1 Å². The summed E-state index contributed by atoms with van der Waals surface area (Å²) in [5, 5.41) is 3.78. The second-order valence-electron chi connectivity index (χ2n) is 8.91. The Hall–Kier alpha value is -2.98. The lowest BCUT2D eigenvalue weighted by Gasteiger charge is -2.33. The van der Waals surface area contributed by atoms with E-state index in [4.69, 9.17) is 9.51 Å². The molecule has 2 aliphatic heterocycles. The zero-order valence-corrected chi connectivity index (χ0v) is 20.3. The van der Waals surface area contributed by atoms with Gasteiger partial charge in [-0.3, -0.25) is 4.79 Å². The van der Waals surface area contributed by atoms with E-state index in [-0.39, 0.29) is 29.7 Å². The highest BCUT2D eigenvalue weighted by molar-refractivity contribution is 7.89. The van der Waals surface area contributed by atoms with Gasteiger partial charge in [0, 0.05) is 38.3 Å². The highest BCUT2D eigenvalue weighted by Gasteiger charge is 2.35. The van der Waals surface area contributed by atoms with Crippen LogP contribution in [0.5, 0.6) is 0 Å². The van der Waals surface area contributed by atoms with E-state index in [1.165, 1.54) is 4.31 Å². The molecule has 0 unspecified atom stereocenters. The summed E-state index contributed by atoms with van der Waals surface area (Å²) in [6.07, 6.45) is 4.04. The van der Waals surface area contributed by atoms with Crippen LogP contribution in [0.3, 0.4) is 0 Å². The monoisotopic (exact) mass is 483 g/mol. The van der Waals surface area contributed by atoms with Crippen LogP contribution in [0.2, 0.25) is 0 Å². The van der Waals surface area contributed by atoms with Gasteiger partial charge in [0.1, 0.15) is 22.1 Å². The molecule has 0 atom stereocenters. The molecular formula is C24H29N5O4S. The number of fused-ring (bicyclic) bond motifs is 1. The molecule has 10 heteroatoms. The van der Waals surface area contributed by atoms with Gasteiger partial charge in [0.05, 0.1) is 5.69 Å². The van der Waals surface area contributed by atoms with Crippen LogP contribution in [-0.4, -0.2) is 64.4 Å². The molecule has 2 aliphatic rings. The van der Waals surface area contributed by atoms with Crippen LogP contribution in [0.1, 0.15) is 46.9 Å². The van der Waals surface area contributed by atoms with Crippen molar-refractivity contribution in [3.8, 4) is 11.4 Å². The number of rotatable bonds is 4. The van der Waals surface area contributed by atoms with Crippen LogP contribution in [0.25, 0.3) is 11.4 Å². The van der Waals surface area contributed by atoms with E-state index in [1.54, 1.807) is 18.7 Å². The topological polar surface area (TPSA) is 102 Å². The number of sulfonamides is 1. The number of hydrogen-bond acceptors (Lipinski definition) is 6. The maximum absolute atomic E-state index is 13.6. The quantitative estimate of drug-likeness (QED) is 0.565. The van der Waals surface area contributed by atoms with Gasteiger partial charge < -0.3 is 14.0 Å². The van der Waals surface area contributed by atoms with Crippen molar-refractivity contribution in [1.29, 1.82) is 0 Å². The Balaban J connectivity index is 1.39. The molecular weight excluding hydrogens is 454 g/mol. The minimum Gasteiger partial charge on any atom is -0.360 e. The molecule has 0 N–H and O–H groups in total. The molecule has 1 fully saturated rings.